The fourth-order valence-corrected chi connectivity index (χ4v) is 3.55. The molecule has 1 radical (unpaired) electrons. The van der Waals surface area contributed by atoms with Crippen LogP contribution in [0, 0.1) is 5.25 Å². The van der Waals surface area contributed by atoms with Crippen LogP contribution in [-0.4, -0.2) is 0 Å². The molecule has 2 aliphatic rings. The van der Waals surface area contributed by atoms with Gasteiger partial charge in [0, 0.05) is 4.91 Å². The predicted molar refractivity (Wildman–Crippen MR) is 74.1 cm³/mol. The van der Waals surface area contributed by atoms with Crippen LogP contribution >= 0.6 is 11.8 Å². The van der Waals surface area contributed by atoms with Gasteiger partial charge in [-0.15, -0.1) is 11.8 Å². The van der Waals surface area contributed by atoms with Gasteiger partial charge in [0.05, 0.1) is 5.25 Å². The average molecular weight is 233 g/mol. The number of fused-ring (bicyclic) bond motifs is 1. The summed E-state index contributed by atoms with van der Waals surface area (Å²) in [5.41, 5.74) is 3.19. The SMILES string of the molecule is CCCC[C]1SC2=CC=CC2=C1CCCC. The zero-order valence-corrected chi connectivity index (χ0v) is 11.2. The molecule has 1 heteroatoms. The largest absolute Gasteiger partial charge is 0.112 e. The smallest absolute Gasteiger partial charge is 0.0612 e. The molecule has 0 amide bonds. The van der Waals surface area contributed by atoms with Crippen molar-refractivity contribution >= 4 is 11.8 Å². The Balaban J connectivity index is 2.07. The molecule has 87 valence electrons. The lowest BCUT2D eigenvalue weighted by atomic mass is 9.97. The summed E-state index contributed by atoms with van der Waals surface area (Å²) in [4.78, 5) is 1.50. The summed E-state index contributed by atoms with van der Waals surface area (Å²) < 4.78 is 0. The lowest BCUT2D eigenvalue weighted by Gasteiger charge is -2.12. The predicted octanol–water partition coefficient (Wildman–Crippen LogP) is 5.40. The van der Waals surface area contributed by atoms with Crippen molar-refractivity contribution in [1.82, 2.24) is 0 Å². The van der Waals surface area contributed by atoms with Gasteiger partial charge in [0.25, 0.3) is 0 Å². The van der Waals surface area contributed by atoms with Gasteiger partial charge in [-0.3, -0.25) is 0 Å². The minimum Gasteiger partial charge on any atom is -0.112 e. The second kappa shape index (κ2) is 5.77. The van der Waals surface area contributed by atoms with Crippen LogP contribution in [0.3, 0.4) is 0 Å². The molecule has 0 bridgehead atoms. The van der Waals surface area contributed by atoms with E-state index in [0.29, 0.717) is 0 Å². The summed E-state index contributed by atoms with van der Waals surface area (Å²) >= 11 is 2.02. The maximum Gasteiger partial charge on any atom is 0.0612 e. The summed E-state index contributed by atoms with van der Waals surface area (Å²) in [6, 6.07) is 0. The molecule has 0 saturated heterocycles. The van der Waals surface area contributed by atoms with E-state index in [9.17, 15) is 0 Å². The Morgan fingerprint density at radius 1 is 1.06 bits per heavy atom. The number of allylic oxidation sites excluding steroid dienone is 4. The molecule has 16 heavy (non-hydrogen) atoms. The molecule has 0 spiro atoms. The molecule has 0 fully saturated rings. The zero-order valence-electron chi connectivity index (χ0n) is 10.4. The van der Waals surface area contributed by atoms with E-state index in [0.717, 1.165) is 0 Å². The first kappa shape index (κ1) is 12.0. The Hall–Kier alpha value is -0.430. The molecule has 1 heterocycles. The highest BCUT2D eigenvalue weighted by atomic mass is 32.2. The fourth-order valence-electron chi connectivity index (χ4n) is 2.25. The lowest BCUT2D eigenvalue weighted by Crippen LogP contribution is -1.95. The number of thioether (sulfide) groups is 1. The average Bonchev–Trinajstić information content (AvgIpc) is 2.84. The molecule has 0 aromatic carbocycles. The molecule has 0 saturated carbocycles. The highest BCUT2D eigenvalue weighted by Crippen LogP contribution is 2.52. The van der Waals surface area contributed by atoms with Crippen molar-refractivity contribution in [2.75, 3.05) is 0 Å². The monoisotopic (exact) mass is 233 g/mol. The highest BCUT2D eigenvalue weighted by molar-refractivity contribution is 8.06. The number of rotatable bonds is 6. The Bertz CT molecular complexity index is 333. The molecule has 2 rings (SSSR count). The third-order valence-corrected chi connectivity index (χ3v) is 4.48. The molecular formula is C15H21S. The minimum absolute atomic E-state index is 1.28. The Labute approximate surface area is 104 Å². The fraction of sp³-hybridized carbons (Fsp3) is 0.533. The molecule has 1 aliphatic carbocycles. The molecule has 0 aromatic rings. The van der Waals surface area contributed by atoms with Gasteiger partial charge in [0.15, 0.2) is 0 Å². The van der Waals surface area contributed by atoms with E-state index in [2.05, 4.69) is 32.1 Å². The molecular weight excluding hydrogens is 212 g/mol. The van der Waals surface area contributed by atoms with E-state index in [1.165, 1.54) is 49.0 Å². The van der Waals surface area contributed by atoms with Crippen molar-refractivity contribution in [3.05, 3.63) is 39.5 Å². The maximum atomic E-state index is 2.30. The summed E-state index contributed by atoms with van der Waals surface area (Å²) in [6.07, 6.45) is 14.6. The molecule has 0 N–H and O–H groups in total. The van der Waals surface area contributed by atoms with Gasteiger partial charge in [0.1, 0.15) is 0 Å². The van der Waals surface area contributed by atoms with Crippen LogP contribution < -0.4 is 0 Å². The molecule has 0 aromatic heterocycles. The van der Waals surface area contributed by atoms with E-state index in [1.807, 2.05) is 11.8 Å². The lowest BCUT2D eigenvalue weighted by molar-refractivity contribution is 0.740. The Kier molecular flexibility index (Phi) is 4.34. The third-order valence-electron chi connectivity index (χ3n) is 3.21. The van der Waals surface area contributed by atoms with Gasteiger partial charge >= 0.3 is 0 Å². The van der Waals surface area contributed by atoms with Gasteiger partial charge in [-0.1, -0.05) is 45.3 Å². The summed E-state index contributed by atoms with van der Waals surface area (Å²) in [5.74, 6) is 0. The topological polar surface area (TPSA) is 0 Å². The molecule has 1 aliphatic heterocycles. The summed E-state index contributed by atoms with van der Waals surface area (Å²) in [6.45, 7) is 4.55. The summed E-state index contributed by atoms with van der Waals surface area (Å²) in [5, 5.41) is 1.65. The van der Waals surface area contributed by atoms with Crippen LogP contribution in [0.4, 0.5) is 0 Å². The van der Waals surface area contributed by atoms with Crippen LogP contribution in [-0.2, 0) is 0 Å². The second-order valence-corrected chi connectivity index (χ2v) is 5.65. The van der Waals surface area contributed by atoms with Gasteiger partial charge in [-0.05, 0) is 36.5 Å². The van der Waals surface area contributed by atoms with Crippen molar-refractivity contribution in [1.29, 1.82) is 0 Å². The van der Waals surface area contributed by atoms with Crippen LogP contribution in [0.1, 0.15) is 52.4 Å². The minimum atomic E-state index is 1.28. The summed E-state index contributed by atoms with van der Waals surface area (Å²) in [7, 11) is 0. The Morgan fingerprint density at radius 2 is 1.81 bits per heavy atom. The molecule has 0 unspecified atom stereocenters. The number of unbranched alkanes of at least 4 members (excludes halogenated alkanes) is 2. The molecule has 0 atom stereocenters. The normalized spacial score (nSPS) is 19.5. The van der Waals surface area contributed by atoms with Crippen molar-refractivity contribution < 1.29 is 0 Å². The second-order valence-electron chi connectivity index (χ2n) is 4.51. The Morgan fingerprint density at radius 3 is 2.56 bits per heavy atom. The van der Waals surface area contributed by atoms with E-state index in [4.69, 9.17) is 0 Å². The first-order valence-corrected chi connectivity index (χ1v) is 7.34. The van der Waals surface area contributed by atoms with Gasteiger partial charge in [0.2, 0.25) is 0 Å². The number of hydrogen-bond donors (Lipinski definition) is 0. The molecule has 0 nitrogen and oxygen atoms in total. The van der Waals surface area contributed by atoms with Crippen LogP contribution in [0.5, 0.6) is 0 Å². The van der Waals surface area contributed by atoms with Crippen molar-refractivity contribution in [2.45, 2.75) is 52.4 Å². The first-order valence-electron chi connectivity index (χ1n) is 6.52. The highest BCUT2D eigenvalue weighted by Gasteiger charge is 2.29. The number of hydrogen-bond acceptors (Lipinski definition) is 1. The van der Waals surface area contributed by atoms with Gasteiger partial charge < -0.3 is 0 Å². The van der Waals surface area contributed by atoms with Crippen LogP contribution in [0.25, 0.3) is 0 Å². The standard InChI is InChI=1S/C15H21S/c1-3-5-8-12-13-9-7-11-15(13)16-14(12)10-6-4-2/h7,9,11H,3-6,8,10H2,1-2H3. The van der Waals surface area contributed by atoms with Gasteiger partial charge in [-0.25, -0.2) is 0 Å². The van der Waals surface area contributed by atoms with E-state index in [1.54, 1.807) is 10.8 Å². The van der Waals surface area contributed by atoms with E-state index < -0.39 is 0 Å². The van der Waals surface area contributed by atoms with Crippen LogP contribution in [0.15, 0.2) is 34.3 Å². The van der Waals surface area contributed by atoms with E-state index in [-0.39, 0.29) is 0 Å². The third kappa shape index (κ3) is 2.45. The van der Waals surface area contributed by atoms with Crippen molar-refractivity contribution in [3.8, 4) is 0 Å². The first-order chi connectivity index (χ1) is 7.86. The maximum absolute atomic E-state index is 2.30. The van der Waals surface area contributed by atoms with E-state index >= 15 is 0 Å². The van der Waals surface area contributed by atoms with Crippen LogP contribution in [0.2, 0.25) is 0 Å². The zero-order chi connectivity index (χ0) is 11.4. The van der Waals surface area contributed by atoms with Crippen molar-refractivity contribution in [3.63, 3.8) is 0 Å². The quantitative estimate of drug-likeness (QED) is 0.592. The van der Waals surface area contributed by atoms with Gasteiger partial charge in [-0.2, -0.15) is 0 Å². The van der Waals surface area contributed by atoms with Crippen molar-refractivity contribution in [2.24, 2.45) is 0 Å².